The van der Waals surface area contributed by atoms with Crippen LogP contribution >= 0.6 is 0 Å². The molecule has 1 amide bonds. The van der Waals surface area contributed by atoms with Crippen LogP contribution in [0.25, 0.3) is 0 Å². The van der Waals surface area contributed by atoms with E-state index < -0.39 is 0 Å². The molecule has 2 aromatic rings. The Hall–Kier alpha value is -2.21. The highest BCUT2D eigenvalue weighted by molar-refractivity contribution is 5.75. The molecule has 0 bridgehead atoms. The highest BCUT2D eigenvalue weighted by Crippen LogP contribution is 2.02. The normalized spacial score (nSPS) is 10.5. The number of amides is 1. The molecule has 1 heterocycles. The number of rotatable bonds is 6. The van der Waals surface area contributed by atoms with Crippen LogP contribution < -0.4 is 5.32 Å². The number of carbonyl (C=O) groups is 1. The van der Waals surface area contributed by atoms with E-state index in [2.05, 4.69) is 15.6 Å². The molecular weight excluding hydrogens is 256 g/mol. The van der Waals surface area contributed by atoms with Crippen molar-refractivity contribution < 1.29 is 9.90 Å². The van der Waals surface area contributed by atoms with Gasteiger partial charge in [-0.15, -0.1) is 5.10 Å². The number of nitrogens with one attached hydrogen (secondary N) is 1. The van der Waals surface area contributed by atoms with E-state index in [1.54, 1.807) is 6.20 Å². The number of benzene rings is 1. The van der Waals surface area contributed by atoms with Crippen LogP contribution in [0.1, 0.15) is 16.8 Å². The molecule has 6 heteroatoms. The van der Waals surface area contributed by atoms with E-state index in [4.69, 9.17) is 5.11 Å². The Morgan fingerprint density at radius 3 is 2.80 bits per heavy atom. The van der Waals surface area contributed by atoms with Gasteiger partial charge in [-0.2, -0.15) is 0 Å². The maximum atomic E-state index is 11.8. The summed E-state index contributed by atoms with van der Waals surface area (Å²) < 4.78 is 1.47. The van der Waals surface area contributed by atoms with E-state index in [0.717, 1.165) is 5.56 Å². The third-order valence-electron chi connectivity index (χ3n) is 2.87. The molecule has 2 N–H and O–H groups in total. The number of hydrogen-bond donors (Lipinski definition) is 2. The number of hydrogen-bond acceptors (Lipinski definition) is 4. The zero-order valence-electron chi connectivity index (χ0n) is 11.4. The zero-order valence-corrected chi connectivity index (χ0v) is 11.4. The number of aliphatic hydroxyl groups excluding tert-OH is 1. The Morgan fingerprint density at radius 2 is 2.10 bits per heavy atom. The average Bonchev–Trinajstić information content (AvgIpc) is 2.86. The molecule has 0 saturated carbocycles. The summed E-state index contributed by atoms with van der Waals surface area (Å²) in [4.78, 5) is 11.8. The van der Waals surface area contributed by atoms with Crippen LogP contribution in [-0.4, -0.2) is 32.6 Å². The third-order valence-corrected chi connectivity index (χ3v) is 2.87. The molecular formula is C14H18N4O2. The highest BCUT2D eigenvalue weighted by atomic mass is 16.3. The van der Waals surface area contributed by atoms with Gasteiger partial charge in [-0.3, -0.25) is 4.79 Å². The molecule has 0 saturated heterocycles. The summed E-state index contributed by atoms with van der Waals surface area (Å²) in [6.45, 7) is 2.68. The molecule has 0 spiro atoms. The van der Waals surface area contributed by atoms with Gasteiger partial charge in [0.15, 0.2) is 0 Å². The predicted octanol–water partition coefficient (Wildman–Crippen LogP) is 0.438. The molecule has 0 fully saturated rings. The molecule has 2 rings (SSSR count). The second kappa shape index (κ2) is 6.81. The Labute approximate surface area is 117 Å². The standard InChI is InChI=1S/C14H18N4O2/c1-11-2-4-12(5-3-11)8-15-14(20)10-18-9-13(6-7-19)16-17-18/h2-5,9,19H,6-8,10H2,1H3,(H,15,20). The van der Waals surface area contributed by atoms with Gasteiger partial charge in [-0.05, 0) is 12.5 Å². The quantitative estimate of drug-likeness (QED) is 0.801. The van der Waals surface area contributed by atoms with Crippen LogP contribution in [0.3, 0.4) is 0 Å². The lowest BCUT2D eigenvalue weighted by atomic mass is 10.1. The van der Waals surface area contributed by atoms with E-state index in [1.807, 2.05) is 31.2 Å². The van der Waals surface area contributed by atoms with Crippen LogP contribution in [0.5, 0.6) is 0 Å². The summed E-state index contributed by atoms with van der Waals surface area (Å²) in [5.74, 6) is -0.119. The summed E-state index contributed by atoms with van der Waals surface area (Å²) in [7, 11) is 0. The van der Waals surface area contributed by atoms with Gasteiger partial charge in [0.05, 0.1) is 5.69 Å². The van der Waals surface area contributed by atoms with Gasteiger partial charge in [0.1, 0.15) is 6.54 Å². The van der Waals surface area contributed by atoms with Gasteiger partial charge in [0, 0.05) is 25.8 Å². The van der Waals surface area contributed by atoms with Crippen molar-refractivity contribution in [3.8, 4) is 0 Å². The van der Waals surface area contributed by atoms with Crippen molar-refractivity contribution >= 4 is 5.91 Å². The Bertz CT molecular complexity index is 563. The summed E-state index contributed by atoms with van der Waals surface area (Å²) in [5, 5.41) is 19.3. The lowest BCUT2D eigenvalue weighted by molar-refractivity contribution is -0.122. The largest absolute Gasteiger partial charge is 0.396 e. The molecule has 0 unspecified atom stereocenters. The van der Waals surface area contributed by atoms with Crippen molar-refractivity contribution in [2.24, 2.45) is 0 Å². The fraction of sp³-hybridized carbons (Fsp3) is 0.357. The van der Waals surface area contributed by atoms with Gasteiger partial charge in [0.25, 0.3) is 0 Å². The van der Waals surface area contributed by atoms with Crippen LogP contribution in [0.2, 0.25) is 0 Å². The van der Waals surface area contributed by atoms with Gasteiger partial charge in [0.2, 0.25) is 5.91 Å². The first-order valence-corrected chi connectivity index (χ1v) is 6.49. The minimum atomic E-state index is -0.119. The molecule has 106 valence electrons. The molecule has 0 atom stereocenters. The van der Waals surface area contributed by atoms with Gasteiger partial charge in [-0.1, -0.05) is 35.0 Å². The average molecular weight is 274 g/mol. The predicted molar refractivity (Wildman–Crippen MR) is 73.8 cm³/mol. The number of aromatic nitrogens is 3. The summed E-state index contributed by atoms with van der Waals surface area (Å²) in [6, 6.07) is 8.01. The summed E-state index contributed by atoms with van der Waals surface area (Å²) >= 11 is 0. The molecule has 0 aliphatic rings. The summed E-state index contributed by atoms with van der Waals surface area (Å²) in [5.41, 5.74) is 2.93. The first-order valence-electron chi connectivity index (χ1n) is 6.49. The highest BCUT2D eigenvalue weighted by Gasteiger charge is 2.05. The Morgan fingerprint density at radius 1 is 1.35 bits per heavy atom. The maximum Gasteiger partial charge on any atom is 0.242 e. The SMILES string of the molecule is Cc1ccc(CNC(=O)Cn2cc(CCO)nn2)cc1. The molecule has 0 radical (unpaired) electrons. The van der Waals surface area contributed by atoms with E-state index in [-0.39, 0.29) is 19.1 Å². The van der Waals surface area contributed by atoms with Crippen molar-refractivity contribution in [3.05, 3.63) is 47.3 Å². The first-order chi connectivity index (χ1) is 9.67. The molecule has 0 aliphatic heterocycles. The van der Waals surface area contributed by atoms with Crippen molar-refractivity contribution in [3.63, 3.8) is 0 Å². The van der Waals surface area contributed by atoms with Crippen molar-refractivity contribution in [1.82, 2.24) is 20.3 Å². The van der Waals surface area contributed by atoms with Gasteiger partial charge in [-0.25, -0.2) is 4.68 Å². The fourth-order valence-corrected chi connectivity index (χ4v) is 1.75. The van der Waals surface area contributed by atoms with Crippen LogP contribution in [0.15, 0.2) is 30.5 Å². The second-order valence-corrected chi connectivity index (χ2v) is 4.64. The van der Waals surface area contributed by atoms with E-state index in [9.17, 15) is 4.79 Å². The number of carbonyl (C=O) groups excluding carboxylic acids is 1. The van der Waals surface area contributed by atoms with Crippen molar-refractivity contribution in [1.29, 1.82) is 0 Å². The third kappa shape index (κ3) is 4.17. The number of nitrogens with zero attached hydrogens (tertiary/aromatic N) is 3. The van der Waals surface area contributed by atoms with Crippen molar-refractivity contribution in [2.75, 3.05) is 6.61 Å². The molecule has 6 nitrogen and oxygen atoms in total. The summed E-state index contributed by atoms with van der Waals surface area (Å²) in [6.07, 6.45) is 2.12. The lowest BCUT2D eigenvalue weighted by Gasteiger charge is -2.05. The van der Waals surface area contributed by atoms with Crippen LogP contribution in [0, 0.1) is 6.92 Å². The van der Waals surface area contributed by atoms with Crippen LogP contribution in [-0.2, 0) is 24.3 Å². The molecule has 1 aromatic carbocycles. The fourth-order valence-electron chi connectivity index (χ4n) is 1.75. The minimum absolute atomic E-state index is 0.0261. The lowest BCUT2D eigenvalue weighted by Crippen LogP contribution is -2.27. The molecule has 1 aromatic heterocycles. The molecule has 0 aliphatic carbocycles. The Kier molecular flexibility index (Phi) is 4.84. The van der Waals surface area contributed by atoms with E-state index in [0.29, 0.717) is 18.7 Å². The van der Waals surface area contributed by atoms with Crippen molar-refractivity contribution in [2.45, 2.75) is 26.4 Å². The topological polar surface area (TPSA) is 80.0 Å². The second-order valence-electron chi connectivity index (χ2n) is 4.64. The number of aliphatic hydroxyl groups is 1. The monoisotopic (exact) mass is 274 g/mol. The maximum absolute atomic E-state index is 11.8. The first kappa shape index (κ1) is 14.2. The number of aryl methyl sites for hydroxylation is 1. The zero-order chi connectivity index (χ0) is 14.4. The van der Waals surface area contributed by atoms with E-state index >= 15 is 0 Å². The molecule has 20 heavy (non-hydrogen) atoms. The Balaban J connectivity index is 1.81. The van der Waals surface area contributed by atoms with Crippen LogP contribution in [0.4, 0.5) is 0 Å². The van der Waals surface area contributed by atoms with Gasteiger partial charge >= 0.3 is 0 Å². The smallest absolute Gasteiger partial charge is 0.242 e. The van der Waals surface area contributed by atoms with E-state index in [1.165, 1.54) is 10.2 Å². The van der Waals surface area contributed by atoms with Gasteiger partial charge < -0.3 is 10.4 Å². The minimum Gasteiger partial charge on any atom is -0.396 e.